The van der Waals surface area contributed by atoms with E-state index in [1.165, 1.54) is 4.31 Å². The lowest BCUT2D eigenvalue weighted by Gasteiger charge is -2.33. The van der Waals surface area contributed by atoms with Crippen LogP contribution in [0.1, 0.15) is 57.5 Å². The number of piperazine rings is 1. The van der Waals surface area contributed by atoms with E-state index in [9.17, 15) is 13.2 Å². The number of carbonyl (C=O) groups excluding carboxylic acids is 1. The molecule has 188 valence electrons. The summed E-state index contributed by atoms with van der Waals surface area (Å²) in [5.41, 5.74) is 0.516. The number of rotatable bonds is 6. The molecule has 1 aliphatic rings. The van der Waals surface area contributed by atoms with Crippen molar-refractivity contribution in [1.82, 2.24) is 24.7 Å². The molecule has 1 aromatic carbocycles. The van der Waals surface area contributed by atoms with E-state index in [-0.39, 0.29) is 0 Å². The van der Waals surface area contributed by atoms with Crippen LogP contribution in [-0.2, 0) is 26.8 Å². The fourth-order valence-corrected chi connectivity index (χ4v) is 5.04. The van der Waals surface area contributed by atoms with Crippen LogP contribution < -0.4 is 5.32 Å². The van der Waals surface area contributed by atoms with E-state index in [1.807, 2.05) is 19.9 Å². The van der Waals surface area contributed by atoms with Crippen molar-refractivity contribution >= 4 is 16.1 Å². The molecule has 0 bridgehead atoms. The van der Waals surface area contributed by atoms with Gasteiger partial charge in [0.05, 0.1) is 11.4 Å². The highest BCUT2D eigenvalue weighted by Crippen LogP contribution is 2.22. The highest BCUT2D eigenvalue weighted by atomic mass is 32.2. The zero-order valence-corrected chi connectivity index (χ0v) is 21.8. The van der Waals surface area contributed by atoms with Crippen molar-refractivity contribution in [3.8, 4) is 0 Å². The Kier molecular flexibility index (Phi) is 7.40. The average Bonchev–Trinajstić information content (AvgIpc) is 3.18. The smallest absolute Gasteiger partial charge is 0.408 e. The molecule has 0 radical (unpaired) electrons. The summed E-state index contributed by atoms with van der Waals surface area (Å²) in [5, 5.41) is 6.78. The van der Waals surface area contributed by atoms with Crippen molar-refractivity contribution in [2.75, 3.05) is 26.2 Å². The SMILES string of the molecule is Cc1ccc(S(=O)(=O)N2CCN(Cc3nc(C(C)(C)NC(=O)OC(C)(C)C)no3)CC2)cc1C. The van der Waals surface area contributed by atoms with Crippen LogP contribution in [0.25, 0.3) is 0 Å². The van der Waals surface area contributed by atoms with Gasteiger partial charge in [-0.15, -0.1) is 0 Å². The number of aryl methyl sites for hydroxylation is 2. The van der Waals surface area contributed by atoms with E-state index >= 15 is 0 Å². The van der Waals surface area contributed by atoms with Crippen LogP contribution in [-0.4, -0.2) is 65.6 Å². The van der Waals surface area contributed by atoms with E-state index in [0.29, 0.717) is 49.3 Å². The van der Waals surface area contributed by atoms with E-state index in [0.717, 1.165) is 11.1 Å². The number of amides is 1. The molecule has 3 rings (SSSR count). The third-order valence-corrected chi connectivity index (χ3v) is 7.54. The number of sulfonamides is 1. The van der Waals surface area contributed by atoms with Gasteiger partial charge in [0.15, 0.2) is 5.82 Å². The van der Waals surface area contributed by atoms with Crippen LogP contribution in [0.4, 0.5) is 4.79 Å². The van der Waals surface area contributed by atoms with Gasteiger partial charge in [-0.25, -0.2) is 13.2 Å². The third-order valence-electron chi connectivity index (χ3n) is 5.65. The van der Waals surface area contributed by atoms with Gasteiger partial charge in [0, 0.05) is 26.2 Å². The van der Waals surface area contributed by atoms with Crippen LogP contribution in [0.5, 0.6) is 0 Å². The minimum atomic E-state index is -3.53. The molecule has 1 aromatic heterocycles. The summed E-state index contributed by atoms with van der Waals surface area (Å²) in [7, 11) is -3.53. The molecule has 2 heterocycles. The topological polar surface area (TPSA) is 118 Å². The molecular formula is C23H35N5O5S. The number of ether oxygens (including phenoxy) is 1. The van der Waals surface area contributed by atoms with E-state index < -0.39 is 27.3 Å². The van der Waals surface area contributed by atoms with Gasteiger partial charge in [-0.1, -0.05) is 11.2 Å². The predicted molar refractivity (Wildman–Crippen MR) is 127 cm³/mol. The predicted octanol–water partition coefficient (Wildman–Crippen LogP) is 2.95. The molecule has 0 unspecified atom stereocenters. The van der Waals surface area contributed by atoms with Crippen LogP contribution in [0, 0.1) is 13.8 Å². The summed E-state index contributed by atoms with van der Waals surface area (Å²) in [6.45, 7) is 15.0. The first-order valence-corrected chi connectivity index (χ1v) is 12.8. The highest BCUT2D eigenvalue weighted by Gasteiger charge is 2.32. The molecule has 34 heavy (non-hydrogen) atoms. The lowest BCUT2D eigenvalue weighted by Crippen LogP contribution is -2.48. The van der Waals surface area contributed by atoms with Crippen LogP contribution in [0.15, 0.2) is 27.6 Å². The first-order valence-electron chi connectivity index (χ1n) is 11.3. The second-order valence-corrected chi connectivity index (χ2v) is 12.1. The van der Waals surface area contributed by atoms with Crippen molar-refractivity contribution in [1.29, 1.82) is 0 Å². The minimum Gasteiger partial charge on any atom is -0.444 e. The van der Waals surface area contributed by atoms with Crippen LogP contribution in [0.3, 0.4) is 0 Å². The molecule has 0 aliphatic carbocycles. The van der Waals surface area contributed by atoms with Gasteiger partial charge >= 0.3 is 6.09 Å². The Bertz CT molecular complexity index is 1130. The zero-order valence-electron chi connectivity index (χ0n) is 21.0. The van der Waals surface area contributed by atoms with E-state index in [4.69, 9.17) is 9.26 Å². The fourth-order valence-electron chi connectivity index (χ4n) is 3.53. The number of nitrogens with one attached hydrogen (secondary N) is 1. The molecule has 1 amide bonds. The quantitative estimate of drug-likeness (QED) is 0.653. The largest absolute Gasteiger partial charge is 0.444 e. The standard InChI is InChI=1S/C23H35N5O5S/c1-16-8-9-18(14-17(16)2)34(30,31)28-12-10-27(11-13-28)15-19-24-20(26-33-19)23(6,7)25-21(29)32-22(3,4)5/h8-9,14H,10-13,15H2,1-7H3,(H,25,29). The summed E-state index contributed by atoms with van der Waals surface area (Å²) in [6.07, 6.45) is -0.565. The number of hydrogen-bond donors (Lipinski definition) is 1. The first kappa shape index (κ1) is 26.1. The molecule has 0 spiro atoms. The molecule has 1 saturated heterocycles. The summed E-state index contributed by atoms with van der Waals surface area (Å²) < 4.78 is 38.3. The van der Waals surface area contributed by atoms with Gasteiger partial charge in [-0.3, -0.25) is 4.90 Å². The van der Waals surface area contributed by atoms with Crippen molar-refractivity contribution in [2.24, 2.45) is 0 Å². The van der Waals surface area contributed by atoms with Crippen LogP contribution in [0.2, 0.25) is 0 Å². The molecular weight excluding hydrogens is 458 g/mol. The van der Waals surface area contributed by atoms with Crippen molar-refractivity contribution in [2.45, 2.75) is 71.0 Å². The van der Waals surface area contributed by atoms with Crippen molar-refractivity contribution < 1.29 is 22.5 Å². The van der Waals surface area contributed by atoms with Gasteiger partial charge in [0.1, 0.15) is 11.1 Å². The lowest BCUT2D eigenvalue weighted by atomic mass is 10.1. The van der Waals surface area contributed by atoms with Crippen LogP contribution >= 0.6 is 0 Å². The number of aromatic nitrogens is 2. The Balaban J connectivity index is 1.58. The van der Waals surface area contributed by atoms with Gasteiger partial charge in [0.2, 0.25) is 15.9 Å². The molecule has 10 nitrogen and oxygen atoms in total. The fraction of sp³-hybridized carbons (Fsp3) is 0.609. The Morgan fingerprint density at radius 1 is 1.09 bits per heavy atom. The average molecular weight is 494 g/mol. The number of carbonyl (C=O) groups is 1. The zero-order chi connectivity index (χ0) is 25.3. The lowest BCUT2D eigenvalue weighted by molar-refractivity contribution is 0.0465. The summed E-state index contributed by atoms with van der Waals surface area (Å²) in [6, 6.07) is 5.23. The maximum absolute atomic E-state index is 13.0. The number of alkyl carbamates (subject to hydrolysis) is 1. The number of benzene rings is 1. The molecule has 2 aromatic rings. The Labute approximate surface area is 201 Å². The Morgan fingerprint density at radius 2 is 1.74 bits per heavy atom. The van der Waals surface area contributed by atoms with E-state index in [1.54, 1.807) is 46.8 Å². The summed E-state index contributed by atoms with van der Waals surface area (Å²) >= 11 is 0. The molecule has 1 N–H and O–H groups in total. The van der Waals surface area contributed by atoms with Gasteiger partial charge in [0.25, 0.3) is 0 Å². The number of hydrogen-bond acceptors (Lipinski definition) is 8. The van der Waals surface area contributed by atoms with Gasteiger partial charge in [-0.05, 0) is 71.7 Å². The molecule has 0 atom stereocenters. The summed E-state index contributed by atoms with van der Waals surface area (Å²) in [4.78, 5) is 19.0. The first-order chi connectivity index (χ1) is 15.7. The maximum Gasteiger partial charge on any atom is 0.408 e. The van der Waals surface area contributed by atoms with Crippen molar-refractivity contribution in [3.63, 3.8) is 0 Å². The minimum absolute atomic E-state index is 0.324. The van der Waals surface area contributed by atoms with Gasteiger partial charge < -0.3 is 14.6 Å². The molecule has 1 aliphatic heterocycles. The molecule has 1 fully saturated rings. The second kappa shape index (κ2) is 9.63. The Morgan fingerprint density at radius 3 is 2.32 bits per heavy atom. The highest BCUT2D eigenvalue weighted by molar-refractivity contribution is 7.89. The number of nitrogens with zero attached hydrogens (tertiary/aromatic N) is 4. The molecule has 11 heteroatoms. The third kappa shape index (κ3) is 6.34. The normalized spacial score (nSPS) is 16.4. The van der Waals surface area contributed by atoms with Gasteiger partial charge in [-0.2, -0.15) is 9.29 Å². The van der Waals surface area contributed by atoms with E-state index in [2.05, 4.69) is 20.4 Å². The summed E-state index contributed by atoms with van der Waals surface area (Å²) in [5.74, 6) is 0.740. The monoisotopic (exact) mass is 493 g/mol. The van der Waals surface area contributed by atoms with Crippen molar-refractivity contribution in [3.05, 3.63) is 41.0 Å². The molecule has 0 saturated carbocycles. The Hall–Kier alpha value is -2.50. The maximum atomic E-state index is 13.0. The second-order valence-electron chi connectivity index (χ2n) is 10.2.